The molecule has 2 fully saturated rings. The molecular formula is C31H40FN3O5. The number of amides is 1. The van der Waals surface area contributed by atoms with Gasteiger partial charge in [-0.15, -0.1) is 0 Å². The van der Waals surface area contributed by atoms with Crippen LogP contribution in [0.4, 0.5) is 4.39 Å². The van der Waals surface area contributed by atoms with Gasteiger partial charge in [-0.25, -0.2) is 4.39 Å². The van der Waals surface area contributed by atoms with Crippen LogP contribution in [0.3, 0.4) is 0 Å². The number of piperidine rings is 2. The Morgan fingerprint density at radius 1 is 1.12 bits per heavy atom. The molecule has 4 rings (SSSR count). The first-order valence-corrected chi connectivity index (χ1v) is 14.4. The molecule has 8 nitrogen and oxygen atoms in total. The quantitative estimate of drug-likeness (QED) is 0.372. The first-order chi connectivity index (χ1) is 19.4. The van der Waals surface area contributed by atoms with Crippen molar-refractivity contribution < 1.29 is 28.6 Å². The van der Waals surface area contributed by atoms with Gasteiger partial charge in [0.05, 0.1) is 6.42 Å². The van der Waals surface area contributed by atoms with Crippen molar-refractivity contribution >= 4 is 17.7 Å². The fraction of sp³-hybridized carbons (Fsp3) is 0.548. The van der Waals surface area contributed by atoms with Crippen molar-refractivity contribution in [1.82, 2.24) is 15.2 Å². The summed E-state index contributed by atoms with van der Waals surface area (Å²) in [6, 6.07) is 9.06. The average Bonchev–Trinajstić information content (AvgIpc) is 2.99. The number of aromatic nitrogens is 1. The van der Waals surface area contributed by atoms with Crippen molar-refractivity contribution in [2.45, 2.75) is 57.3 Å². The standard InChI is InChI=1S/C31H40FN3O5/c32-11-15-40-29-6-2-1-5-27(29)26-16-25(19-34-20-26)24(18-31(38)39)17-28(36)23-4-3-14-35(21-23)30(37)8-7-22-9-12-33-13-10-22/h1-2,5-6,16,19-20,22-24,33H,3-4,7-15,17-18,21H2,(H,38,39)/t23-,24+/m1/s1. The van der Waals surface area contributed by atoms with Gasteiger partial charge in [-0.3, -0.25) is 19.4 Å². The molecule has 2 N–H and O–H groups in total. The number of nitrogens with zero attached hydrogens (tertiary/aromatic N) is 2. The summed E-state index contributed by atoms with van der Waals surface area (Å²) in [7, 11) is 0. The molecule has 2 aliphatic heterocycles. The van der Waals surface area contributed by atoms with Gasteiger partial charge in [0.2, 0.25) is 5.91 Å². The van der Waals surface area contributed by atoms with E-state index in [1.807, 2.05) is 23.1 Å². The summed E-state index contributed by atoms with van der Waals surface area (Å²) >= 11 is 0. The number of carbonyl (C=O) groups is 3. The Labute approximate surface area is 235 Å². The molecule has 0 bridgehead atoms. The Bertz CT molecular complexity index is 1150. The third-order valence-corrected chi connectivity index (χ3v) is 8.09. The predicted molar refractivity (Wildman–Crippen MR) is 150 cm³/mol. The lowest BCUT2D eigenvalue weighted by Gasteiger charge is -2.33. The number of para-hydroxylation sites is 1. The highest BCUT2D eigenvalue weighted by Gasteiger charge is 2.31. The number of benzene rings is 1. The zero-order valence-electron chi connectivity index (χ0n) is 23.0. The smallest absolute Gasteiger partial charge is 0.303 e. The SMILES string of the molecule is O=C(O)C[C@H](CC(=O)[C@@H]1CCCN(C(=O)CCC2CCNCC2)C1)c1cncc(-c2ccccc2OCCF)c1. The second-order valence-corrected chi connectivity index (χ2v) is 10.9. The number of carboxylic acids is 1. The van der Waals surface area contributed by atoms with Crippen LogP contribution in [-0.4, -0.2) is 72.1 Å². The van der Waals surface area contributed by atoms with Gasteiger partial charge in [0.1, 0.15) is 24.8 Å². The lowest BCUT2D eigenvalue weighted by Crippen LogP contribution is -2.42. The fourth-order valence-corrected chi connectivity index (χ4v) is 5.86. The number of ketones is 1. The van der Waals surface area contributed by atoms with Crippen LogP contribution >= 0.6 is 0 Å². The van der Waals surface area contributed by atoms with E-state index in [-0.39, 0.29) is 37.1 Å². The number of pyridine rings is 1. The molecule has 0 spiro atoms. The van der Waals surface area contributed by atoms with Crippen molar-refractivity contribution in [2.24, 2.45) is 11.8 Å². The summed E-state index contributed by atoms with van der Waals surface area (Å²) in [4.78, 5) is 44.3. The maximum Gasteiger partial charge on any atom is 0.303 e. The van der Waals surface area contributed by atoms with Crippen LogP contribution in [0.5, 0.6) is 5.75 Å². The Balaban J connectivity index is 1.42. The van der Waals surface area contributed by atoms with Gasteiger partial charge in [-0.1, -0.05) is 18.2 Å². The number of carbonyl (C=O) groups excluding carboxylic acids is 2. The number of hydrogen-bond donors (Lipinski definition) is 2. The van der Waals surface area contributed by atoms with Crippen LogP contribution in [0.25, 0.3) is 11.1 Å². The Kier molecular flexibility index (Phi) is 11.0. The van der Waals surface area contributed by atoms with E-state index >= 15 is 0 Å². The van der Waals surface area contributed by atoms with E-state index < -0.39 is 18.6 Å². The number of hydrogen-bond acceptors (Lipinski definition) is 6. The van der Waals surface area contributed by atoms with Crippen LogP contribution in [0, 0.1) is 11.8 Å². The van der Waals surface area contributed by atoms with Gasteiger partial charge in [-0.05, 0) is 68.8 Å². The molecule has 3 heterocycles. The summed E-state index contributed by atoms with van der Waals surface area (Å²) in [6.07, 6.45) is 8.20. The second kappa shape index (κ2) is 14.9. The molecule has 0 aliphatic carbocycles. The van der Waals surface area contributed by atoms with Crippen molar-refractivity contribution in [3.05, 3.63) is 48.3 Å². The monoisotopic (exact) mass is 553 g/mol. The molecule has 216 valence electrons. The van der Waals surface area contributed by atoms with E-state index in [2.05, 4.69) is 10.3 Å². The van der Waals surface area contributed by atoms with Crippen LogP contribution in [0.15, 0.2) is 42.7 Å². The van der Waals surface area contributed by atoms with E-state index in [9.17, 15) is 23.9 Å². The number of Topliss-reactive ketones (excluding diaryl/α,β-unsaturated/α-hetero) is 1. The number of carboxylic acid groups (broad SMARTS) is 1. The summed E-state index contributed by atoms with van der Waals surface area (Å²) in [5.74, 6) is -0.648. The highest BCUT2D eigenvalue weighted by Crippen LogP contribution is 2.34. The average molecular weight is 554 g/mol. The van der Waals surface area contributed by atoms with Crippen molar-refractivity contribution in [3.63, 3.8) is 0 Å². The number of ether oxygens (including phenoxy) is 1. The Morgan fingerprint density at radius 2 is 1.93 bits per heavy atom. The summed E-state index contributed by atoms with van der Waals surface area (Å²) in [5.41, 5.74) is 2.08. The number of rotatable bonds is 13. The van der Waals surface area contributed by atoms with Gasteiger partial charge in [-0.2, -0.15) is 0 Å². The molecule has 1 amide bonds. The normalized spacial score (nSPS) is 18.7. The minimum absolute atomic E-state index is 0.0146. The van der Waals surface area contributed by atoms with Gasteiger partial charge >= 0.3 is 5.97 Å². The molecule has 2 aliphatic rings. The maximum absolute atomic E-state index is 13.5. The highest BCUT2D eigenvalue weighted by atomic mass is 19.1. The first kappa shape index (κ1) is 29.6. The minimum atomic E-state index is -0.992. The zero-order valence-corrected chi connectivity index (χ0v) is 23.0. The van der Waals surface area contributed by atoms with Crippen molar-refractivity contribution in [2.75, 3.05) is 39.5 Å². The molecule has 2 saturated heterocycles. The lowest BCUT2D eigenvalue weighted by molar-refractivity contribution is -0.137. The molecule has 0 unspecified atom stereocenters. The van der Waals surface area contributed by atoms with Crippen LogP contribution in [-0.2, 0) is 14.4 Å². The van der Waals surface area contributed by atoms with E-state index in [0.717, 1.165) is 44.3 Å². The third-order valence-electron chi connectivity index (χ3n) is 8.09. The van der Waals surface area contributed by atoms with E-state index in [0.29, 0.717) is 48.7 Å². The summed E-state index contributed by atoms with van der Waals surface area (Å²) < 4.78 is 18.3. The lowest BCUT2D eigenvalue weighted by atomic mass is 9.84. The van der Waals surface area contributed by atoms with Crippen LogP contribution < -0.4 is 10.1 Å². The summed E-state index contributed by atoms with van der Waals surface area (Å²) in [5, 5.41) is 13.0. The molecular weight excluding hydrogens is 513 g/mol. The highest BCUT2D eigenvalue weighted by molar-refractivity contribution is 5.84. The van der Waals surface area contributed by atoms with Gasteiger partial charge < -0.3 is 20.1 Å². The van der Waals surface area contributed by atoms with Gasteiger partial charge in [0.15, 0.2) is 0 Å². The third kappa shape index (κ3) is 8.34. The molecule has 0 radical (unpaired) electrons. The Hall–Kier alpha value is -3.33. The minimum Gasteiger partial charge on any atom is -0.490 e. The number of nitrogens with one attached hydrogen (secondary N) is 1. The first-order valence-electron chi connectivity index (χ1n) is 14.4. The van der Waals surface area contributed by atoms with Gasteiger partial charge in [0.25, 0.3) is 0 Å². The largest absolute Gasteiger partial charge is 0.490 e. The number of halogens is 1. The number of alkyl halides is 1. The maximum atomic E-state index is 13.5. The molecule has 40 heavy (non-hydrogen) atoms. The van der Waals surface area contributed by atoms with Crippen molar-refractivity contribution in [3.8, 4) is 16.9 Å². The molecule has 1 aromatic heterocycles. The second-order valence-electron chi connectivity index (χ2n) is 10.9. The van der Waals surface area contributed by atoms with Gasteiger partial charge in [0, 0.05) is 61.3 Å². The van der Waals surface area contributed by atoms with E-state index in [1.165, 1.54) is 0 Å². The molecule has 1 aromatic carbocycles. The number of aliphatic carboxylic acids is 1. The topological polar surface area (TPSA) is 109 Å². The molecule has 9 heteroatoms. The van der Waals surface area contributed by atoms with E-state index in [1.54, 1.807) is 24.5 Å². The van der Waals surface area contributed by atoms with E-state index in [4.69, 9.17) is 4.74 Å². The van der Waals surface area contributed by atoms with Crippen LogP contribution in [0.2, 0.25) is 0 Å². The fourth-order valence-electron chi connectivity index (χ4n) is 5.86. The Morgan fingerprint density at radius 3 is 2.70 bits per heavy atom. The summed E-state index contributed by atoms with van der Waals surface area (Å²) in [6.45, 7) is 2.41. The predicted octanol–water partition coefficient (Wildman–Crippen LogP) is 4.63. The zero-order chi connectivity index (χ0) is 28.3. The molecule has 2 atom stereocenters. The van der Waals surface area contributed by atoms with Crippen molar-refractivity contribution in [1.29, 1.82) is 0 Å². The number of likely N-dealkylation sites (tertiary alicyclic amines) is 1. The molecule has 0 saturated carbocycles. The molecule has 2 aromatic rings. The van der Waals surface area contributed by atoms with Crippen LogP contribution in [0.1, 0.15) is 62.8 Å².